The van der Waals surface area contributed by atoms with Crippen molar-refractivity contribution < 1.29 is 17.9 Å². The quantitative estimate of drug-likeness (QED) is 0.861. The third-order valence-corrected chi connectivity index (χ3v) is 2.18. The minimum atomic E-state index is -4.66. The number of H-pyrrole nitrogens is 1. The number of hydrogen-bond acceptors (Lipinski definition) is 2. The van der Waals surface area contributed by atoms with Crippen molar-refractivity contribution in [2.24, 2.45) is 0 Å². The highest BCUT2D eigenvalue weighted by Gasteiger charge is 2.31. The molecule has 3 nitrogen and oxygen atoms in total. The average Bonchev–Trinajstić information content (AvgIpc) is 2.57. The normalized spacial score (nSPS) is 12.0. The molecule has 6 heteroatoms. The number of alkyl halides is 3. The van der Waals surface area contributed by atoms with E-state index in [4.69, 9.17) is 0 Å². The van der Waals surface area contributed by atoms with Gasteiger partial charge in [0.1, 0.15) is 5.75 Å². The minimum absolute atomic E-state index is 0.226. The Morgan fingerprint density at radius 3 is 2.75 bits per heavy atom. The van der Waals surface area contributed by atoms with E-state index in [1.165, 1.54) is 18.2 Å². The molecule has 0 unspecified atom stereocenters. The summed E-state index contributed by atoms with van der Waals surface area (Å²) in [5.74, 6) is -0.226. The second-order valence-corrected chi connectivity index (χ2v) is 3.28. The summed E-state index contributed by atoms with van der Waals surface area (Å²) in [5.41, 5.74) is 1.42. The van der Waals surface area contributed by atoms with E-state index in [1.54, 1.807) is 0 Å². The Kier molecular flexibility index (Phi) is 2.49. The van der Waals surface area contributed by atoms with Gasteiger partial charge < -0.3 is 4.74 Å². The molecule has 1 aromatic heterocycles. The van der Waals surface area contributed by atoms with Crippen LogP contribution in [0, 0.1) is 0 Å². The van der Waals surface area contributed by atoms with Crippen LogP contribution in [0.3, 0.4) is 0 Å². The Morgan fingerprint density at radius 1 is 1.38 bits per heavy atom. The summed E-state index contributed by atoms with van der Waals surface area (Å²) in [7, 11) is 0. The van der Waals surface area contributed by atoms with Crippen LogP contribution in [0.1, 0.15) is 12.6 Å². The van der Waals surface area contributed by atoms with Crippen LogP contribution in [0.15, 0.2) is 18.2 Å². The van der Waals surface area contributed by atoms with Crippen LogP contribution < -0.4 is 4.74 Å². The van der Waals surface area contributed by atoms with Crippen LogP contribution in [0.25, 0.3) is 10.9 Å². The zero-order chi connectivity index (χ0) is 11.8. The molecule has 0 aliphatic rings. The molecule has 0 spiro atoms. The Morgan fingerprint density at radius 2 is 2.12 bits per heavy atom. The van der Waals surface area contributed by atoms with Crippen LogP contribution in [-0.4, -0.2) is 16.6 Å². The number of fused-ring (bicyclic) bond motifs is 1. The van der Waals surface area contributed by atoms with Crippen LogP contribution in [0.2, 0.25) is 0 Å². The molecule has 86 valence electrons. The highest BCUT2D eigenvalue weighted by atomic mass is 19.4. The molecule has 0 amide bonds. The molecule has 0 aliphatic carbocycles. The smallest absolute Gasteiger partial charge is 0.406 e. The van der Waals surface area contributed by atoms with Crippen molar-refractivity contribution in [3.63, 3.8) is 0 Å². The van der Waals surface area contributed by atoms with Gasteiger partial charge in [-0.05, 0) is 24.6 Å². The van der Waals surface area contributed by atoms with E-state index in [0.29, 0.717) is 17.3 Å². The van der Waals surface area contributed by atoms with Crippen molar-refractivity contribution >= 4 is 10.9 Å². The Hall–Kier alpha value is -1.72. The van der Waals surface area contributed by atoms with Gasteiger partial charge in [-0.15, -0.1) is 13.2 Å². The minimum Gasteiger partial charge on any atom is -0.406 e. The SMILES string of the molecule is CCc1n[nH]c2ccc(OC(F)(F)F)cc12. The average molecular weight is 230 g/mol. The molecule has 2 rings (SSSR count). The number of rotatable bonds is 2. The zero-order valence-electron chi connectivity index (χ0n) is 8.43. The van der Waals surface area contributed by atoms with Crippen molar-refractivity contribution in [1.82, 2.24) is 10.2 Å². The van der Waals surface area contributed by atoms with Gasteiger partial charge in [0.05, 0.1) is 11.2 Å². The molecule has 0 radical (unpaired) electrons. The summed E-state index contributed by atoms with van der Waals surface area (Å²) in [5, 5.41) is 7.39. The number of aryl methyl sites for hydroxylation is 1. The second-order valence-electron chi connectivity index (χ2n) is 3.28. The van der Waals surface area contributed by atoms with E-state index >= 15 is 0 Å². The summed E-state index contributed by atoms with van der Waals surface area (Å²) >= 11 is 0. The summed E-state index contributed by atoms with van der Waals surface area (Å²) in [4.78, 5) is 0. The molecule has 0 saturated heterocycles. The number of hydrogen-bond donors (Lipinski definition) is 1. The molecular formula is C10H9F3N2O. The largest absolute Gasteiger partial charge is 0.573 e. The van der Waals surface area contributed by atoms with E-state index in [9.17, 15) is 13.2 Å². The fourth-order valence-electron chi connectivity index (χ4n) is 1.51. The fourth-order valence-corrected chi connectivity index (χ4v) is 1.51. The van der Waals surface area contributed by atoms with Crippen molar-refractivity contribution in [2.75, 3.05) is 0 Å². The molecule has 1 aromatic carbocycles. The van der Waals surface area contributed by atoms with E-state index < -0.39 is 6.36 Å². The maximum Gasteiger partial charge on any atom is 0.573 e. The van der Waals surface area contributed by atoms with Gasteiger partial charge in [-0.3, -0.25) is 5.10 Å². The number of benzene rings is 1. The van der Waals surface area contributed by atoms with E-state index in [1.807, 2.05) is 6.92 Å². The first-order chi connectivity index (χ1) is 7.49. The lowest BCUT2D eigenvalue weighted by atomic mass is 10.2. The topological polar surface area (TPSA) is 37.9 Å². The number of aromatic amines is 1. The summed E-state index contributed by atoms with van der Waals surface area (Å²) in [6.07, 6.45) is -4.01. The maximum absolute atomic E-state index is 12.0. The van der Waals surface area contributed by atoms with Crippen LogP contribution in [0.5, 0.6) is 5.75 Å². The number of halogens is 3. The lowest BCUT2D eigenvalue weighted by Gasteiger charge is -2.08. The first-order valence-electron chi connectivity index (χ1n) is 4.72. The van der Waals surface area contributed by atoms with E-state index in [2.05, 4.69) is 14.9 Å². The highest BCUT2D eigenvalue weighted by Crippen LogP contribution is 2.27. The summed E-state index contributed by atoms with van der Waals surface area (Å²) < 4.78 is 39.8. The van der Waals surface area contributed by atoms with Gasteiger partial charge in [0.25, 0.3) is 0 Å². The van der Waals surface area contributed by atoms with E-state index in [0.717, 1.165) is 5.69 Å². The maximum atomic E-state index is 12.0. The molecular weight excluding hydrogens is 221 g/mol. The van der Waals surface area contributed by atoms with Crippen LogP contribution >= 0.6 is 0 Å². The Labute approximate surface area is 89.2 Å². The van der Waals surface area contributed by atoms with Gasteiger partial charge in [-0.25, -0.2) is 0 Å². The number of nitrogens with one attached hydrogen (secondary N) is 1. The van der Waals surface area contributed by atoms with Crippen molar-refractivity contribution in [1.29, 1.82) is 0 Å². The van der Waals surface area contributed by atoms with Crippen molar-refractivity contribution in [3.8, 4) is 5.75 Å². The van der Waals surface area contributed by atoms with E-state index in [-0.39, 0.29) is 5.75 Å². The highest BCUT2D eigenvalue weighted by molar-refractivity contribution is 5.82. The molecule has 0 saturated carbocycles. The summed E-state index contributed by atoms with van der Waals surface area (Å²) in [6.45, 7) is 1.88. The summed E-state index contributed by atoms with van der Waals surface area (Å²) in [6, 6.07) is 4.11. The molecule has 1 N–H and O–H groups in total. The monoisotopic (exact) mass is 230 g/mol. The first-order valence-corrected chi connectivity index (χ1v) is 4.72. The molecule has 0 atom stereocenters. The third-order valence-electron chi connectivity index (χ3n) is 2.18. The third kappa shape index (κ3) is 2.10. The molecule has 0 bridgehead atoms. The van der Waals surface area contributed by atoms with Crippen molar-refractivity contribution in [2.45, 2.75) is 19.7 Å². The van der Waals surface area contributed by atoms with Crippen LogP contribution in [-0.2, 0) is 6.42 Å². The Balaban J connectivity index is 2.42. The first kappa shape index (κ1) is 10.8. The lowest BCUT2D eigenvalue weighted by molar-refractivity contribution is -0.274. The zero-order valence-corrected chi connectivity index (χ0v) is 8.43. The molecule has 16 heavy (non-hydrogen) atoms. The molecule has 2 aromatic rings. The van der Waals surface area contributed by atoms with Gasteiger partial charge in [0, 0.05) is 5.39 Å². The predicted molar refractivity (Wildman–Crippen MR) is 52.2 cm³/mol. The van der Waals surface area contributed by atoms with Gasteiger partial charge in [-0.2, -0.15) is 5.10 Å². The number of nitrogens with zero attached hydrogens (tertiary/aromatic N) is 1. The Bertz CT molecular complexity index is 504. The van der Waals surface area contributed by atoms with Gasteiger partial charge >= 0.3 is 6.36 Å². The van der Waals surface area contributed by atoms with Gasteiger partial charge in [0.2, 0.25) is 0 Å². The van der Waals surface area contributed by atoms with Crippen molar-refractivity contribution in [3.05, 3.63) is 23.9 Å². The van der Waals surface area contributed by atoms with Gasteiger partial charge in [-0.1, -0.05) is 6.92 Å². The number of ether oxygens (including phenoxy) is 1. The standard InChI is InChI=1S/C10H9F3N2O/c1-2-8-7-5-6(16-10(11,12)13)3-4-9(7)15-14-8/h3-5H,2H2,1H3,(H,14,15). The predicted octanol–water partition coefficient (Wildman–Crippen LogP) is 3.02. The molecule has 0 aliphatic heterocycles. The van der Waals surface area contributed by atoms with Crippen LogP contribution in [0.4, 0.5) is 13.2 Å². The second kappa shape index (κ2) is 3.70. The molecule has 1 heterocycles. The van der Waals surface area contributed by atoms with Gasteiger partial charge in [0.15, 0.2) is 0 Å². The molecule has 0 fully saturated rings. The lowest BCUT2D eigenvalue weighted by Crippen LogP contribution is -2.16. The number of aromatic nitrogens is 2. The fraction of sp³-hybridized carbons (Fsp3) is 0.300.